The van der Waals surface area contributed by atoms with E-state index in [-0.39, 0.29) is 11.2 Å². The average molecular weight is 302 g/mol. The third-order valence-electron chi connectivity index (χ3n) is 2.93. The Hall–Kier alpha value is -2.27. The van der Waals surface area contributed by atoms with Crippen molar-refractivity contribution in [3.8, 4) is 5.75 Å². The molecular formula is C16H11FO3S. The zero-order valence-electron chi connectivity index (χ0n) is 11.1. The second-order valence-electron chi connectivity index (χ2n) is 4.35. The molecule has 3 aromatic rings. The van der Waals surface area contributed by atoms with Crippen molar-refractivity contribution < 1.29 is 13.5 Å². The average Bonchev–Trinajstić information content (AvgIpc) is 2.46. The van der Waals surface area contributed by atoms with Gasteiger partial charge in [-0.25, -0.2) is 4.39 Å². The van der Waals surface area contributed by atoms with Crippen LogP contribution in [0.25, 0.3) is 11.0 Å². The van der Waals surface area contributed by atoms with Crippen molar-refractivity contribution in [2.45, 2.75) is 9.99 Å². The summed E-state index contributed by atoms with van der Waals surface area (Å²) in [4.78, 5) is 12.7. The molecule has 0 aliphatic heterocycles. The molecule has 1 heterocycles. The van der Waals surface area contributed by atoms with Crippen LogP contribution in [-0.4, -0.2) is 7.11 Å². The van der Waals surface area contributed by atoms with E-state index in [1.807, 2.05) is 0 Å². The minimum atomic E-state index is -0.329. The van der Waals surface area contributed by atoms with Crippen LogP contribution in [0.3, 0.4) is 0 Å². The SMILES string of the molecule is COc1ccc2c(=O)cc(Sc3cccc(F)c3)oc2c1. The number of hydrogen-bond acceptors (Lipinski definition) is 4. The summed E-state index contributed by atoms with van der Waals surface area (Å²) in [5.41, 5.74) is 0.304. The Morgan fingerprint density at radius 1 is 1.14 bits per heavy atom. The molecule has 0 aliphatic carbocycles. The highest BCUT2D eigenvalue weighted by Gasteiger charge is 2.08. The first-order chi connectivity index (χ1) is 10.2. The molecule has 0 spiro atoms. The van der Waals surface area contributed by atoms with Crippen molar-refractivity contribution in [2.75, 3.05) is 7.11 Å². The van der Waals surface area contributed by atoms with E-state index in [0.29, 0.717) is 26.7 Å². The summed E-state index contributed by atoms with van der Waals surface area (Å²) in [7, 11) is 1.55. The van der Waals surface area contributed by atoms with Gasteiger partial charge in [-0.15, -0.1) is 0 Å². The quantitative estimate of drug-likeness (QED) is 0.730. The third-order valence-corrected chi connectivity index (χ3v) is 3.82. The number of halogens is 1. The minimum absolute atomic E-state index is 0.141. The van der Waals surface area contributed by atoms with Gasteiger partial charge in [0.2, 0.25) is 0 Å². The molecule has 0 saturated heterocycles. The fraction of sp³-hybridized carbons (Fsp3) is 0.0625. The molecule has 0 radical (unpaired) electrons. The zero-order chi connectivity index (χ0) is 14.8. The summed E-state index contributed by atoms with van der Waals surface area (Å²) in [5, 5.41) is 0.894. The Balaban J connectivity index is 2.05. The van der Waals surface area contributed by atoms with Crippen molar-refractivity contribution in [3.05, 3.63) is 64.6 Å². The first kappa shape index (κ1) is 13.7. The first-order valence-electron chi connectivity index (χ1n) is 6.21. The van der Waals surface area contributed by atoms with Crippen LogP contribution in [0, 0.1) is 5.82 Å². The van der Waals surface area contributed by atoms with Crippen LogP contribution in [0.15, 0.2) is 67.7 Å². The van der Waals surface area contributed by atoms with Crippen LogP contribution in [-0.2, 0) is 0 Å². The zero-order valence-corrected chi connectivity index (χ0v) is 11.9. The van der Waals surface area contributed by atoms with E-state index in [1.165, 1.54) is 30.0 Å². The van der Waals surface area contributed by atoms with Crippen LogP contribution in [0.2, 0.25) is 0 Å². The van der Waals surface area contributed by atoms with Crippen molar-refractivity contribution in [2.24, 2.45) is 0 Å². The summed E-state index contributed by atoms with van der Waals surface area (Å²) in [6, 6.07) is 12.6. The van der Waals surface area contributed by atoms with Crippen molar-refractivity contribution >= 4 is 22.7 Å². The summed E-state index contributed by atoms with van der Waals surface area (Å²) in [6.07, 6.45) is 0. The summed E-state index contributed by atoms with van der Waals surface area (Å²) in [5.74, 6) is 0.281. The predicted molar refractivity (Wildman–Crippen MR) is 79.6 cm³/mol. The van der Waals surface area contributed by atoms with Gasteiger partial charge in [0, 0.05) is 17.0 Å². The van der Waals surface area contributed by atoms with Crippen LogP contribution >= 0.6 is 11.8 Å². The largest absolute Gasteiger partial charge is 0.497 e. The Kier molecular flexibility index (Phi) is 3.66. The monoisotopic (exact) mass is 302 g/mol. The second kappa shape index (κ2) is 5.61. The number of hydrogen-bond donors (Lipinski definition) is 0. The van der Waals surface area contributed by atoms with Gasteiger partial charge in [0.05, 0.1) is 12.5 Å². The van der Waals surface area contributed by atoms with E-state index in [2.05, 4.69) is 0 Å². The van der Waals surface area contributed by atoms with Crippen LogP contribution < -0.4 is 10.2 Å². The van der Waals surface area contributed by atoms with Crippen LogP contribution in [0.1, 0.15) is 0 Å². The maximum atomic E-state index is 13.2. The molecule has 1 aromatic heterocycles. The molecular weight excluding hydrogens is 291 g/mol. The number of benzene rings is 2. The Labute approximate surface area is 124 Å². The number of fused-ring (bicyclic) bond motifs is 1. The molecule has 3 nitrogen and oxygen atoms in total. The van der Waals surface area contributed by atoms with E-state index in [4.69, 9.17) is 9.15 Å². The standard InChI is InChI=1S/C16H11FO3S/c1-19-11-5-6-13-14(18)9-16(20-15(13)8-11)21-12-4-2-3-10(17)7-12/h2-9H,1H3. The number of ether oxygens (including phenoxy) is 1. The first-order valence-corrected chi connectivity index (χ1v) is 7.03. The molecule has 3 rings (SSSR count). The van der Waals surface area contributed by atoms with E-state index < -0.39 is 0 Å². The molecule has 0 bridgehead atoms. The van der Waals surface area contributed by atoms with Gasteiger partial charge >= 0.3 is 0 Å². The fourth-order valence-corrected chi connectivity index (χ4v) is 2.79. The van der Waals surface area contributed by atoms with E-state index in [0.717, 1.165) is 0 Å². The van der Waals surface area contributed by atoms with Gasteiger partial charge in [-0.2, -0.15) is 0 Å². The summed E-state index contributed by atoms with van der Waals surface area (Å²) in [6.45, 7) is 0. The van der Waals surface area contributed by atoms with Crippen molar-refractivity contribution in [3.63, 3.8) is 0 Å². The normalized spacial score (nSPS) is 10.8. The van der Waals surface area contributed by atoms with Gasteiger partial charge in [-0.3, -0.25) is 4.79 Å². The van der Waals surface area contributed by atoms with Gasteiger partial charge in [0.1, 0.15) is 17.1 Å². The van der Waals surface area contributed by atoms with Crippen LogP contribution in [0.5, 0.6) is 5.75 Å². The van der Waals surface area contributed by atoms with Crippen LogP contribution in [0.4, 0.5) is 4.39 Å². The Morgan fingerprint density at radius 2 is 2.00 bits per heavy atom. The van der Waals surface area contributed by atoms with E-state index >= 15 is 0 Å². The predicted octanol–water partition coefficient (Wildman–Crippen LogP) is 4.09. The van der Waals surface area contributed by atoms with E-state index in [1.54, 1.807) is 37.4 Å². The maximum Gasteiger partial charge on any atom is 0.193 e. The molecule has 0 unspecified atom stereocenters. The van der Waals surface area contributed by atoms with Gasteiger partial charge in [-0.1, -0.05) is 17.8 Å². The van der Waals surface area contributed by atoms with Gasteiger partial charge < -0.3 is 9.15 Å². The third kappa shape index (κ3) is 2.92. The van der Waals surface area contributed by atoms with Gasteiger partial charge in [-0.05, 0) is 30.3 Å². The minimum Gasteiger partial charge on any atom is -0.497 e. The maximum absolute atomic E-state index is 13.2. The topological polar surface area (TPSA) is 39.4 Å². The molecule has 0 saturated carbocycles. The highest BCUT2D eigenvalue weighted by atomic mass is 32.2. The highest BCUT2D eigenvalue weighted by molar-refractivity contribution is 7.99. The molecule has 0 N–H and O–H groups in total. The summed E-state index contributed by atoms with van der Waals surface area (Å²) >= 11 is 1.20. The Morgan fingerprint density at radius 3 is 2.76 bits per heavy atom. The Bertz CT molecular complexity index is 858. The van der Waals surface area contributed by atoms with E-state index in [9.17, 15) is 9.18 Å². The molecule has 21 heavy (non-hydrogen) atoms. The van der Waals surface area contributed by atoms with Gasteiger partial charge in [0.25, 0.3) is 0 Å². The summed E-state index contributed by atoms with van der Waals surface area (Å²) < 4.78 is 24.0. The number of methoxy groups -OCH3 is 1. The molecule has 2 aromatic carbocycles. The highest BCUT2D eigenvalue weighted by Crippen LogP contribution is 2.30. The lowest BCUT2D eigenvalue weighted by atomic mass is 10.2. The second-order valence-corrected chi connectivity index (χ2v) is 5.43. The van der Waals surface area contributed by atoms with Crippen molar-refractivity contribution in [1.29, 1.82) is 0 Å². The molecule has 0 atom stereocenters. The van der Waals surface area contributed by atoms with Gasteiger partial charge in [0.15, 0.2) is 10.5 Å². The molecule has 5 heteroatoms. The lowest BCUT2D eigenvalue weighted by molar-refractivity contribution is 0.413. The lowest BCUT2D eigenvalue weighted by Gasteiger charge is -2.04. The molecule has 0 amide bonds. The lowest BCUT2D eigenvalue weighted by Crippen LogP contribution is -2.00. The molecule has 0 aliphatic rings. The molecule has 106 valence electrons. The smallest absolute Gasteiger partial charge is 0.193 e. The number of rotatable bonds is 3. The fourth-order valence-electron chi connectivity index (χ4n) is 1.94. The van der Waals surface area contributed by atoms with Crippen molar-refractivity contribution in [1.82, 2.24) is 0 Å². The molecule has 0 fully saturated rings.